The Balaban J connectivity index is 1.30. The van der Waals surface area contributed by atoms with Gasteiger partial charge in [0.1, 0.15) is 6.04 Å². The first kappa shape index (κ1) is 41.8. The van der Waals surface area contributed by atoms with Crippen molar-refractivity contribution in [1.82, 2.24) is 26.2 Å². The molecular weight excluding hydrogens is 686 g/mol. The van der Waals surface area contributed by atoms with Gasteiger partial charge in [-0.25, -0.2) is 4.79 Å². The number of amides is 5. The average Bonchev–Trinajstić information content (AvgIpc) is 3.64. The highest BCUT2D eigenvalue weighted by molar-refractivity contribution is 5.97. The number of carbonyl (C=O) groups is 6. The molecule has 2 aliphatic rings. The fourth-order valence-corrected chi connectivity index (χ4v) is 7.54. The Bertz CT molecular complexity index is 1580. The van der Waals surface area contributed by atoms with Crippen LogP contribution in [0.3, 0.4) is 0 Å². The second-order valence-corrected chi connectivity index (χ2v) is 14.5. The molecule has 12 nitrogen and oxygen atoms in total. The quantitative estimate of drug-likeness (QED) is 0.0962. The highest BCUT2D eigenvalue weighted by atomic mass is 16.4. The Hall–Kier alpha value is -5.00. The van der Waals surface area contributed by atoms with Crippen molar-refractivity contribution >= 4 is 35.5 Å². The molecule has 0 spiro atoms. The van der Waals surface area contributed by atoms with Crippen molar-refractivity contribution in [2.45, 2.75) is 121 Å². The van der Waals surface area contributed by atoms with E-state index >= 15 is 0 Å². The number of unbranched alkanes of at least 4 members (excludes halogenated alkanes) is 1. The summed E-state index contributed by atoms with van der Waals surface area (Å²) in [6, 6.07) is 15.5. The van der Waals surface area contributed by atoms with E-state index in [9.17, 15) is 33.9 Å². The van der Waals surface area contributed by atoms with Gasteiger partial charge in [0.2, 0.25) is 29.5 Å². The fourth-order valence-electron chi connectivity index (χ4n) is 7.54. The maximum Gasteiger partial charge on any atom is 0.330 e. The van der Waals surface area contributed by atoms with Crippen LogP contribution in [-0.2, 0) is 35.2 Å². The number of hydrogen-bond acceptors (Lipinski definition) is 6. The number of benzene rings is 2. The Morgan fingerprint density at radius 3 is 2.17 bits per heavy atom. The van der Waals surface area contributed by atoms with Gasteiger partial charge in [0.15, 0.2) is 6.04 Å². The molecule has 0 aromatic heterocycles. The number of carbonyl (C=O) groups excluding carboxylic acids is 5. The molecule has 5 amide bonds. The van der Waals surface area contributed by atoms with Gasteiger partial charge >= 0.3 is 5.97 Å². The average molecular weight is 744 g/mol. The van der Waals surface area contributed by atoms with Gasteiger partial charge in [-0.2, -0.15) is 0 Å². The summed E-state index contributed by atoms with van der Waals surface area (Å²) in [5.74, 6) is -3.08. The smallest absolute Gasteiger partial charge is 0.330 e. The molecule has 292 valence electrons. The summed E-state index contributed by atoms with van der Waals surface area (Å²) in [6.45, 7) is 5.84. The topological polar surface area (TPSA) is 174 Å². The molecule has 0 bridgehead atoms. The van der Waals surface area contributed by atoms with E-state index in [-0.39, 0.29) is 41.7 Å². The van der Waals surface area contributed by atoms with Crippen LogP contribution in [0.1, 0.15) is 108 Å². The number of hydrogen-bond donors (Lipinski definition) is 5. The summed E-state index contributed by atoms with van der Waals surface area (Å²) in [5, 5.41) is 20.5. The third kappa shape index (κ3) is 12.8. The third-order valence-corrected chi connectivity index (χ3v) is 10.5. The van der Waals surface area contributed by atoms with Gasteiger partial charge < -0.3 is 31.3 Å². The molecule has 54 heavy (non-hydrogen) atoms. The van der Waals surface area contributed by atoms with Crippen molar-refractivity contribution in [2.75, 3.05) is 13.1 Å². The molecule has 1 saturated heterocycles. The zero-order chi connectivity index (χ0) is 38.9. The summed E-state index contributed by atoms with van der Waals surface area (Å²) in [4.78, 5) is 79.9. The van der Waals surface area contributed by atoms with Crippen molar-refractivity contribution in [3.63, 3.8) is 0 Å². The molecule has 4 atom stereocenters. The minimum atomic E-state index is -1.28. The molecule has 1 saturated carbocycles. The molecule has 2 aromatic carbocycles. The van der Waals surface area contributed by atoms with Gasteiger partial charge in [0.05, 0.1) is 12.6 Å². The SMILES string of the molecule is C=C(C(=O)NCC(=O)NC(C(=O)O)c1ccccc1)C(CCC)NC(=O)CC1CCCN1C(=O)C(NC(=O)CCCCc1ccccc1)C1CCCCC1. The summed E-state index contributed by atoms with van der Waals surface area (Å²) < 4.78 is 0. The molecule has 4 unspecified atom stereocenters. The maximum atomic E-state index is 14.2. The molecule has 4 rings (SSSR count). The second-order valence-electron chi connectivity index (χ2n) is 14.5. The molecule has 5 N–H and O–H groups in total. The van der Waals surface area contributed by atoms with Crippen molar-refractivity contribution < 1.29 is 33.9 Å². The van der Waals surface area contributed by atoms with Gasteiger partial charge in [-0.1, -0.05) is 99.8 Å². The summed E-state index contributed by atoms with van der Waals surface area (Å²) in [5.41, 5.74) is 1.70. The molecule has 1 aliphatic heterocycles. The maximum absolute atomic E-state index is 14.2. The van der Waals surface area contributed by atoms with E-state index in [0.717, 1.165) is 57.8 Å². The van der Waals surface area contributed by atoms with Gasteiger partial charge in [0, 0.05) is 31.0 Å². The number of nitrogens with zero attached hydrogens (tertiary/aromatic N) is 1. The predicted molar refractivity (Wildman–Crippen MR) is 206 cm³/mol. The molecule has 1 heterocycles. The van der Waals surface area contributed by atoms with Crippen LogP contribution in [0.5, 0.6) is 0 Å². The monoisotopic (exact) mass is 743 g/mol. The van der Waals surface area contributed by atoms with Crippen LogP contribution in [-0.4, -0.2) is 76.7 Å². The van der Waals surface area contributed by atoms with Gasteiger partial charge in [-0.15, -0.1) is 0 Å². The van der Waals surface area contributed by atoms with E-state index in [4.69, 9.17) is 0 Å². The first-order valence-corrected chi connectivity index (χ1v) is 19.5. The number of aliphatic carboxylic acids is 1. The van der Waals surface area contributed by atoms with Crippen LogP contribution < -0.4 is 21.3 Å². The Morgan fingerprint density at radius 1 is 0.815 bits per heavy atom. The highest BCUT2D eigenvalue weighted by Gasteiger charge is 2.39. The first-order chi connectivity index (χ1) is 26.1. The predicted octanol–water partition coefficient (Wildman–Crippen LogP) is 4.75. The Kier molecular flexibility index (Phi) is 16.7. The van der Waals surface area contributed by atoms with Gasteiger partial charge in [0.25, 0.3) is 0 Å². The van der Waals surface area contributed by atoms with Crippen molar-refractivity contribution in [1.29, 1.82) is 0 Å². The third-order valence-electron chi connectivity index (χ3n) is 10.5. The van der Waals surface area contributed by atoms with Crippen LogP contribution in [0.4, 0.5) is 0 Å². The van der Waals surface area contributed by atoms with Crippen LogP contribution in [0, 0.1) is 5.92 Å². The molecule has 2 fully saturated rings. The minimum Gasteiger partial charge on any atom is -0.479 e. The Labute approximate surface area is 318 Å². The van der Waals surface area contributed by atoms with E-state index < -0.39 is 42.5 Å². The lowest BCUT2D eigenvalue weighted by molar-refractivity contribution is -0.142. The van der Waals surface area contributed by atoms with Crippen LogP contribution in [0.2, 0.25) is 0 Å². The standard InChI is InChI=1S/C42H57N5O7/c1-3-16-34(29(2)40(51)43-28-37(50)46-39(42(53)54)32-22-11-6-12-23-32)44-36(49)27-33-24-15-26-47(33)41(52)38(31-20-9-5-10-21-31)45-35(48)25-14-13-19-30-17-7-4-8-18-30/h4,6-8,11-12,17-18,22-23,31,33-34,38-39H,2-3,5,9-10,13-16,19-21,24-28H2,1H3,(H,43,51)(H,44,49)(H,45,48)(H,46,50)(H,53,54). The molecule has 0 radical (unpaired) electrons. The first-order valence-electron chi connectivity index (χ1n) is 19.5. The lowest BCUT2D eigenvalue weighted by Crippen LogP contribution is -2.54. The summed E-state index contributed by atoms with van der Waals surface area (Å²) >= 11 is 0. The van der Waals surface area contributed by atoms with Gasteiger partial charge in [-0.05, 0) is 68.4 Å². The van der Waals surface area contributed by atoms with Crippen LogP contribution in [0.15, 0.2) is 72.8 Å². The largest absolute Gasteiger partial charge is 0.479 e. The number of likely N-dealkylation sites (tertiary alicyclic amines) is 1. The van der Waals surface area contributed by atoms with Crippen molar-refractivity contribution in [2.24, 2.45) is 5.92 Å². The summed E-state index contributed by atoms with van der Waals surface area (Å²) in [7, 11) is 0. The molecule has 1 aliphatic carbocycles. The van der Waals surface area contributed by atoms with Crippen molar-refractivity contribution in [3.05, 3.63) is 83.9 Å². The molecule has 12 heteroatoms. The minimum absolute atomic E-state index is 0.0458. The van der Waals surface area contributed by atoms with E-state index in [2.05, 4.69) is 40.0 Å². The van der Waals surface area contributed by atoms with E-state index in [0.29, 0.717) is 37.8 Å². The number of carboxylic acids is 1. The van der Waals surface area contributed by atoms with E-state index in [1.807, 2.05) is 25.1 Å². The number of carboxylic acid groups (broad SMARTS) is 1. The lowest BCUT2D eigenvalue weighted by Gasteiger charge is -2.35. The lowest BCUT2D eigenvalue weighted by atomic mass is 9.83. The van der Waals surface area contributed by atoms with E-state index in [1.165, 1.54) is 5.56 Å². The van der Waals surface area contributed by atoms with E-state index in [1.54, 1.807) is 35.2 Å². The van der Waals surface area contributed by atoms with Crippen LogP contribution >= 0.6 is 0 Å². The Morgan fingerprint density at radius 2 is 1.50 bits per heavy atom. The summed E-state index contributed by atoms with van der Waals surface area (Å²) in [6.07, 6.45) is 10.3. The zero-order valence-corrected chi connectivity index (χ0v) is 31.5. The second kappa shape index (κ2) is 21.6. The number of aryl methyl sites for hydroxylation is 1. The highest BCUT2D eigenvalue weighted by Crippen LogP contribution is 2.30. The van der Waals surface area contributed by atoms with Crippen LogP contribution in [0.25, 0.3) is 0 Å². The zero-order valence-electron chi connectivity index (χ0n) is 31.5. The fraction of sp³-hybridized carbons (Fsp3) is 0.524. The number of rotatable bonds is 20. The molecular formula is C42H57N5O7. The number of nitrogens with one attached hydrogen (secondary N) is 4. The normalized spacial score (nSPS) is 17.4. The van der Waals surface area contributed by atoms with Crippen molar-refractivity contribution in [3.8, 4) is 0 Å². The molecule has 2 aromatic rings. The van der Waals surface area contributed by atoms with Gasteiger partial charge in [-0.3, -0.25) is 24.0 Å².